The third-order valence-corrected chi connectivity index (χ3v) is 4.18. The fourth-order valence-electron chi connectivity index (χ4n) is 2.29. The Hall–Kier alpha value is -2.04. The van der Waals surface area contributed by atoms with Crippen LogP contribution in [0.25, 0.3) is 0 Å². The van der Waals surface area contributed by atoms with Crippen LogP contribution in [0, 0.1) is 0 Å². The molecule has 0 aliphatic carbocycles. The second-order valence-corrected chi connectivity index (χ2v) is 6.11. The van der Waals surface area contributed by atoms with Gasteiger partial charge in [0.25, 0.3) is 5.91 Å². The van der Waals surface area contributed by atoms with Crippen molar-refractivity contribution in [2.24, 2.45) is 0 Å². The Kier molecular flexibility index (Phi) is 6.23. The first kappa shape index (κ1) is 18.3. The van der Waals surface area contributed by atoms with E-state index in [4.69, 9.17) is 23.2 Å². The Morgan fingerprint density at radius 3 is 2.46 bits per heavy atom. The smallest absolute Gasteiger partial charge is 0.257 e. The van der Waals surface area contributed by atoms with E-state index in [9.17, 15) is 9.59 Å². The molecule has 0 atom stereocenters. The van der Waals surface area contributed by atoms with Crippen LogP contribution in [0.4, 0.5) is 5.69 Å². The summed E-state index contributed by atoms with van der Waals surface area (Å²) in [6, 6.07) is 12.1. The van der Waals surface area contributed by atoms with Crippen LogP contribution in [0.5, 0.6) is 0 Å². The Bertz CT molecular complexity index is 762. The Labute approximate surface area is 151 Å². The lowest BCUT2D eigenvalue weighted by Gasteiger charge is -2.21. The minimum absolute atomic E-state index is 0.0145. The van der Waals surface area contributed by atoms with Gasteiger partial charge in [-0.25, -0.2) is 0 Å². The number of nitrogens with zero attached hydrogens (tertiary/aromatic N) is 1. The second-order valence-electron chi connectivity index (χ2n) is 5.27. The number of carbonyl (C=O) groups is 2. The molecule has 1 N–H and O–H groups in total. The third kappa shape index (κ3) is 4.49. The van der Waals surface area contributed by atoms with Crippen molar-refractivity contribution < 1.29 is 9.59 Å². The highest BCUT2D eigenvalue weighted by Crippen LogP contribution is 2.23. The summed E-state index contributed by atoms with van der Waals surface area (Å²) in [5.41, 5.74) is 1.84. The standard InChI is InChI=1S/C18H18Cl2N2O2/c1-3-22(12(2)23)11-13-6-4-5-7-17(13)21-18(24)15-9-8-14(19)10-16(15)20/h4-10H,3,11H2,1-2H3,(H,21,24). The van der Waals surface area contributed by atoms with Gasteiger partial charge in [0, 0.05) is 30.7 Å². The van der Waals surface area contributed by atoms with Gasteiger partial charge in [-0.2, -0.15) is 0 Å². The lowest BCUT2D eigenvalue weighted by Crippen LogP contribution is -2.28. The van der Waals surface area contributed by atoms with Crippen molar-refractivity contribution in [2.45, 2.75) is 20.4 Å². The van der Waals surface area contributed by atoms with Gasteiger partial charge in [-0.05, 0) is 36.8 Å². The summed E-state index contributed by atoms with van der Waals surface area (Å²) in [5.74, 6) is -0.339. The summed E-state index contributed by atoms with van der Waals surface area (Å²) in [6.07, 6.45) is 0. The zero-order valence-electron chi connectivity index (χ0n) is 13.5. The molecule has 2 aromatic carbocycles. The molecule has 0 fully saturated rings. The zero-order valence-corrected chi connectivity index (χ0v) is 15.0. The average Bonchev–Trinajstić information content (AvgIpc) is 2.53. The first-order valence-electron chi connectivity index (χ1n) is 7.52. The van der Waals surface area contributed by atoms with Gasteiger partial charge in [0.1, 0.15) is 0 Å². The van der Waals surface area contributed by atoms with Crippen molar-refractivity contribution in [3.05, 3.63) is 63.6 Å². The van der Waals surface area contributed by atoms with Gasteiger partial charge in [0.2, 0.25) is 5.91 Å². The van der Waals surface area contributed by atoms with Crippen LogP contribution in [-0.4, -0.2) is 23.3 Å². The summed E-state index contributed by atoms with van der Waals surface area (Å²) in [5, 5.41) is 3.61. The summed E-state index contributed by atoms with van der Waals surface area (Å²) < 4.78 is 0. The van der Waals surface area contributed by atoms with Crippen molar-refractivity contribution in [1.82, 2.24) is 4.90 Å². The minimum Gasteiger partial charge on any atom is -0.339 e. The molecule has 0 bridgehead atoms. The second kappa shape index (κ2) is 8.18. The highest BCUT2D eigenvalue weighted by atomic mass is 35.5. The van der Waals surface area contributed by atoms with Crippen LogP contribution in [0.3, 0.4) is 0 Å². The maximum atomic E-state index is 12.5. The van der Waals surface area contributed by atoms with E-state index in [-0.39, 0.29) is 16.8 Å². The number of hydrogen-bond donors (Lipinski definition) is 1. The Morgan fingerprint density at radius 1 is 1.12 bits per heavy atom. The molecule has 0 aliphatic heterocycles. The number of nitrogens with one attached hydrogen (secondary N) is 1. The molecule has 0 heterocycles. The van der Waals surface area contributed by atoms with Crippen LogP contribution in [-0.2, 0) is 11.3 Å². The van der Waals surface area contributed by atoms with Crippen molar-refractivity contribution in [3.8, 4) is 0 Å². The monoisotopic (exact) mass is 364 g/mol. The number of para-hydroxylation sites is 1. The molecule has 0 unspecified atom stereocenters. The first-order chi connectivity index (χ1) is 11.4. The summed E-state index contributed by atoms with van der Waals surface area (Å²) in [7, 11) is 0. The van der Waals surface area contributed by atoms with E-state index < -0.39 is 0 Å². The fourth-order valence-corrected chi connectivity index (χ4v) is 2.79. The molecule has 0 aromatic heterocycles. The van der Waals surface area contributed by atoms with E-state index >= 15 is 0 Å². The molecule has 24 heavy (non-hydrogen) atoms. The normalized spacial score (nSPS) is 10.3. The van der Waals surface area contributed by atoms with E-state index in [1.165, 1.54) is 13.0 Å². The third-order valence-electron chi connectivity index (χ3n) is 3.63. The Balaban J connectivity index is 2.23. The molecule has 2 amide bonds. The van der Waals surface area contributed by atoms with E-state index in [0.29, 0.717) is 29.4 Å². The fraction of sp³-hybridized carbons (Fsp3) is 0.222. The number of amides is 2. The van der Waals surface area contributed by atoms with E-state index in [0.717, 1.165) is 5.56 Å². The predicted molar refractivity (Wildman–Crippen MR) is 97.6 cm³/mol. The zero-order chi connectivity index (χ0) is 17.7. The number of rotatable bonds is 5. The average molecular weight is 365 g/mol. The van der Waals surface area contributed by atoms with Crippen LogP contribution in [0.15, 0.2) is 42.5 Å². The highest BCUT2D eigenvalue weighted by molar-refractivity contribution is 6.37. The molecule has 0 aliphatic rings. The molecule has 2 aromatic rings. The van der Waals surface area contributed by atoms with Gasteiger partial charge in [-0.1, -0.05) is 41.4 Å². The van der Waals surface area contributed by atoms with Crippen LogP contribution < -0.4 is 5.32 Å². The molecular formula is C18H18Cl2N2O2. The number of anilines is 1. The molecular weight excluding hydrogens is 347 g/mol. The van der Waals surface area contributed by atoms with Crippen LogP contribution >= 0.6 is 23.2 Å². The number of halogens is 2. The molecule has 0 saturated heterocycles. The molecule has 126 valence electrons. The number of hydrogen-bond acceptors (Lipinski definition) is 2. The molecule has 2 rings (SSSR count). The van der Waals surface area contributed by atoms with E-state index in [1.54, 1.807) is 23.1 Å². The molecule has 0 spiro atoms. The molecule has 4 nitrogen and oxygen atoms in total. The van der Waals surface area contributed by atoms with Gasteiger partial charge in [-0.15, -0.1) is 0 Å². The van der Waals surface area contributed by atoms with Crippen molar-refractivity contribution >= 4 is 40.7 Å². The maximum Gasteiger partial charge on any atom is 0.257 e. The van der Waals surface area contributed by atoms with Gasteiger partial charge in [-0.3, -0.25) is 9.59 Å². The van der Waals surface area contributed by atoms with Gasteiger partial charge < -0.3 is 10.2 Å². The summed E-state index contributed by atoms with van der Waals surface area (Å²) in [6.45, 7) is 4.46. The first-order valence-corrected chi connectivity index (χ1v) is 8.27. The van der Waals surface area contributed by atoms with E-state index in [1.807, 2.05) is 25.1 Å². The predicted octanol–water partition coefficient (Wildman–Crippen LogP) is 4.61. The minimum atomic E-state index is -0.324. The SMILES string of the molecule is CCN(Cc1ccccc1NC(=O)c1ccc(Cl)cc1Cl)C(C)=O. The van der Waals surface area contributed by atoms with Gasteiger partial charge in [0.05, 0.1) is 10.6 Å². The largest absolute Gasteiger partial charge is 0.339 e. The Morgan fingerprint density at radius 2 is 1.83 bits per heavy atom. The summed E-state index contributed by atoms with van der Waals surface area (Å²) >= 11 is 11.9. The van der Waals surface area contributed by atoms with Gasteiger partial charge >= 0.3 is 0 Å². The van der Waals surface area contributed by atoms with Crippen LogP contribution in [0.2, 0.25) is 10.0 Å². The van der Waals surface area contributed by atoms with Crippen molar-refractivity contribution in [3.63, 3.8) is 0 Å². The van der Waals surface area contributed by atoms with Gasteiger partial charge in [0.15, 0.2) is 0 Å². The number of benzene rings is 2. The quantitative estimate of drug-likeness (QED) is 0.841. The molecule has 0 radical (unpaired) electrons. The molecule has 0 saturated carbocycles. The van der Waals surface area contributed by atoms with E-state index in [2.05, 4.69) is 5.32 Å². The number of carbonyl (C=O) groups excluding carboxylic acids is 2. The molecule has 6 heteroatoms. The van der Waals surface area contributed by atoms with Crippen molar-refractivity contribution in [1.29, 1.82) is 0 Å². The lowest BCUT2D eigenvalue weighted by molar-refractivity contribution is -0.129. The lowest BCUT2D eigenvalue weighted by atomic mass is 10.1. The van der Waals surface area contributed by atoms with Crippen LogP contribution in [0.1, 0.15) is 29.8 Å². The van der Waals surface area contributed by atoms with Crippen molar-refractivity contribution in [2.75, 3.05) is 11.9 Å². The summed E-state index contributed by atoms with van der Waals surface area (Å²) in [4.78, 5) is 25.8. The highest BCUT2D eigenvalue weighted by Gasteiger charge is 2.14. The maximum absolute atomic E-state index is 12.5. The topological polar surface area (TPSA) is 49.4 Å².